The summed E-state index contributed by atoms with van der Waals surface area (Å²) in [5, 5.41) is 8.73. The molecule has 1 aliphatic carbocycles. The first kappa shape index (κ1) is 12.4. The fraction of sp³-hybridized carbons (Fsp3) is 0.533. The molecule has 0 amide bonds. The molecule has 1 aromatic rings. The van der Waals surface area contributed by atoms with E-state index in [-0.39, 0.29) is 5.56 Å². The lowest BCUT2D eigenvalue weighted by Crippen LogP contribution is -2.47. The molecular formula is C15H18FN3. The Balaban J connectivity index is 1.61. The normalized spacial score (nSPS) is 20.3. The summed E-state index contributed by atoms with van der Waals surface area (Å²) in [5.74, 6) is 0.513. The van der Waals surface area contributed by atoms with Crippen LogP contribution in [0.25, 0.3) is 0 Å². The van der Waals surface area contributed by atoms with Crippen LogP contribution >= 0.6 is 0 Å². The number of hydrogen-bond acceptors (Lipinski definition) is 3. The van der Waals surface area contributed by atoms with Gasteiger partial charge >= 0.3 is 0 Å². The van der Waals surface area contributed by atoms with Crippen molar-refractivity contribution in [3.63, 3.8) is 0 Å². The topological polar surface area (TPSA) is 30.3 Å². The molecule has 0 unspecified atom stereocenters. The van der Waals surface area contributed by atoms with Gasteiger partial charge in [0.1, 0.15) is 11.9 Å². The molecule has 1 saturated heterocycles. The number of benzene rings is 1. The average molecular weight is 259 g/mol. The van der Waals surface area contributed by atoms with E-state index < -0.39 is 5.82 Å². The molecule has 0 aromatic heterocycles. The van der Waals surface area contributed by atoms with Gasteiger partial charge in [0.15, 0.2) is 0 Å². The third-order valence-corrected chi connectivity index (χ3v) is 4.02. The third kappa shape index (κ3) is 2.87. The zero-order valence-corrected chi connectivity index (χ0v) is 11.0. The van der Waals surface area contributed by atoms with Crippen LogP contribution in [0.3, 0.4) is 0 Å². The second-order valence-corrected chi connectivity index (χ2v) is 5.51. The van der Waals surface area contributed by atoms with Crippen molar-refractivity contribution in [3.05, 3.63) is 29.6 Å². The SMILES string of the molecule is N#Cc1ccc(N2CCN(CC3CC3)CC2)cc1F. The van der Waals surface area contributed by atoms with E-state index in [1.165, 1.54) is 25.5 Å². The maximum Gasteiger partial charge on any atom is 0.143 e. The second kappa shape index (κ2) is 5.18. The molecule has 3 rings (SSSR count). The maximum absolute atomic E-state index is 13.6. The number of halogens is 1. The number of piperazine rings is 1. The molecule has 0 bridgehead atoms. The van der Waals surface area contributed by atoms with Gasteiger partial charge in [0.2, 0.25) is 0 Å². The second-order valence-electron chi connectivity index (χ2n) is 5.51. The Morgan fingerprint density at radius 1 is 1.21 bits per heavy atom. The number of nitrogens with zero attached hydrogens (tertiary/aromatic N) is 3. The molecular weight excluding hydrogens is 241 g/mol. The van der Waals surface area contributed by atoms with E-state index in [0.29, 0.717) is 0 Å². The number of nitriles is 1. The Bertz CT molecular complexity index is 497. The van der Waals surface area contributed by atoms with Crippen molar-refractivity contribution in [2.24, 2.45) is 5.92 Å². The van der Waals surface area contributed by atoms with Gasteiger partial charge in [0, 0.05) is 38.4 Å². The van der Waals surface area contributed by atoms with Crippen LogP contribution in [-0.4, -0.2) is 37.6 Å². The highest BCUT2D eigenvalue weighted by Gasteiger charge is 2.26. The lowest BCUT2D eigenvalue weighted by molar-refractivity contribution is 0.248. The lowest BCUT2D eigenvalue weighted by atomic mass is 10.1. The van der Waals surface area contributed by atoms with Gasteiger partial charge in [-0.05, 0) is 37.0 Å². The molecule has 1 heterocycles. The van der Waals surface area contributed by atoms with Gasteiger partial charge in [-0.2, -0.15) is 5.26 Å². The van der Waals surface area contributed by atoms with E-state index in [1.54, 1.807) is 6.07 Å². The number of hydrogen-bond donors (Lipinski definition) is 0. The van der Waals surface area contributed by atoms with Gasteiger partial charge in [-0.25, -0.2) is 4.39 Å². The van der Waals surface area contributed by atoms with Crippen molar-refractivity contribution in [1.29, 1.82) is 5.26 Å². The molecule has 1 aromatic carbocycles. The highest BCUT2D eigenvalue weighted by atomic mass is 19.1. The molecule has 0 atom stereocenters. The van der Waals surface area contributed by atoms with Gasteiger partial charge < -0.3 is 4.90 Å². The Hall–Kier alpha value is -1.60. The van der Waals surface area contributed by atoms with Crippen LogP contribution in [0, 0.1) is 23.1 Å². The van der Waals surface area contributed by atoms with Gasteiger partial charge in [-0.1, -0.05) is 0 Å². The maximum atomic E-state index is 13.6. The Labute approximate surface area is 113 Å². The van der Waals surface area contributed by atoms with E-state index in [0.717, 1.165) is 37.8 Å². The van der Waals surface area contributed by atoms with Crippen LogP contribution in [0.1, 0.15) is 18.4 Å². The van der Waals surface area contributed by atoms with Crippen LogP contribution in [0.5, 0.6) is 0 Å². The summed E-state index contributed by atoms with van der Waals surface area (Å²) >= 11 is 0. The van der Waals surface area contributed by atoms with Crippen molar-refractivity contribution in [3.8, 4) is 6.07 Å². The highest BCUT2D eigenvalue weighted by Crippen LogP contribution is 2.30. The molecule has 0 spiro atoms. The molecule has 4 heteroatoms. The zero-order valence-electron chi connectivity index (χ0n) is 11.0. The highest BCUT2D eigenvalue weighted by molar-refractivity contribution is 5.50. The largest absolute Gasteiger partial charge is 0.369 e. The van der Waals surface area contributed by atoms with Crippen molar-refractivity contribution < 1.29 is 4.39 Å². The Morgan fingerprint density at radius 3 is 2.53 bits per heavy atom. The standard InChI is InChI=1S/C15H18FN3/c16-15-9-14(4-3-13(15)10-17)19-7-5-18(6-8-19)11-12-1-2-12/h3-4,9,12H,1-2,5-8,11H2. The first-order valence-corrected chi connectivity index (χ1v) is 6.93. The first-order chi connectivity index (χ1) is 9.26. The van der Waals surface area contributed by atoms with Crippen molar-refractivity contribution in [2.75, 3.05) is 37.6 Å². The molecule has 0 N–H and O–H groups in total. The van der Waals surface area contributed by atoms with Crippen LogP contribution in [-0.2, 0) is 0 Å². The van der Waals surface area contributed by atoms with Crippen LogP contribution in [0.4, 0.5) is 10.1 Å². The third-order valence-electron chi connectivity index (χ3n) is 4.02. The Kier molecular flexibility index (Phi) is 3.39. The van der Waals surface area contributed by atoms with Crippen molar-refractivity contribution >= 4 is 5.69 Å². The van der Waals surface area contributed by atoms with E-state index in [1.807, 2.05) is 12.1 Å². The van der Waals surface area contributed by atoms with Gasteiger partial charge in [-0.15, -0.1) is 0 Å². The molecule has 1 aliphatic heterocycles. The minimum atomic E-state index is -0.416. The van der Waals surface area contributed by atoms with Crippen molar-refractivity contribution in [1.82, 2.24) is 4.90 Å². The smallest absolute Gasteiger partial charge is 0.143 e. The predicted molar refractivity (Wildman–Crippen MR) is 72.5 cm³/mol. The van der Waals surface area contributed by atoms with Crippen molar-refractivity contribution in [2.45, 2.75) is 12.8 Å². The molecule has 100 valence electrons. The predicted octanol–water partition coefficient (Wildman–Crippen LogP) is 2.23. The summed E-state index contributed by atoms with van der Waals surface area (Å²) in [6, 6.07) is 6.76. The minimum Gasteiger partial charge on any atom is -0.369 e. The fourth-order valence-electron chi connectivity index (χ4n) is 2.65. The molecule has 1 saturated carbocycles. The lowest BCUT2D eigenvalue weighted by Gasteiger charge is -2.36. The summed E-state index contributed by atoms with van der Waals surface area (Å²) in [6.07, 6.45) is 2.78. The first-order valence-electron chi connectivity index (χ1n) is 6.93. The van der Waals surface area contributed by atoms with Gasteiger partial charge in [-0.3, -0.25) is 4.90 Å². The summed E-state index contributed by atoms with van der Waals surface area (Å²) in [5.41, 5.74) is 1.01. The molecule has 2 fully saturated rings. The average Bonchev–Trinajstić information content (AvgIpc) is 3.23. The van der Waals surface area contributed by atoms with E-state index in [9.17, 15) is 4.39 Å². The zero-order chi connectivity index (χ0) is 13.2. The number of rotatable bonds is 3. The molecule has 3 nitrogen and oxygen atoms in total. The minimum absolute atomic E-state index is 0.121. The quantitative estimate of drug-likeness (QED) is 0.834. The summed E-state index contributed by atoms with van der Waals surface area (Å²) in [7, 11) is 0. The molecule has 0 radical (unpaired) electrons. The van der Waals surface area contributed by atoms with Crippen LogP contribution in [0.2, 0.25) is 0 Å². The number of anilines is 1. The van der Waals surface area contributed by atoms with Crippen LogP contribution in [0.15, 0.2) is 18.2 Å². The fourth-order valence-corrected chi connectivity index (χ4v) is 2.65. The Morgan fingerprint density at radius 2 is 1.95 bits per heavy atom. The van der Waals surface area contributed by atoms with Gasteiger partial charge in [0.25, 0.3) is 0 Å². The van der Waals surface area contributed by atoms with E-state index in [2.05, 4.69) is 9.80 Å². The monoisotopic (exact) mass is 259 g/mol. The van der Waals surface area contributed by atoms with Gasteiger partial charge in [0.05, 0.1) is 5.56 Å². The van der Waals surface area contributed by atoms with E-state index in [4.69, 9.17) is 5.26 Å². The summed E-state index contributed by atoms with van der Waals surface area (Å²) < 4.78 is 13.6. The molecule has 2 aliphatic rings. The molecule has 19 heavy (non-hydrogen) atoms. The summed E-state index contributed by atoms with van der Waals surface area (Å²) in [4.78, 5) is 4.71. The van der Waals surface area contributed by atoms with E-state index >= 15 is 0 Å². The summed E-state index contributed by atoms with van der Waals surface area (Å²) in [6.45, 7) is 5.22. The van der Waals surface area contributed by atoms with Crippen LogP contribution < -0.4 is 4.90 Å².